The van der Waals surface area contributed by atoms with Gasteiger partial charge in [-0.15, -0.1) is 13.2 Å². The number of amides is 5. The Balaban J connectivity index is 1.85. The van der Waals surface area contributed by atoms with Gasteiger partial charge in [0.1, 0.15) is 40.8 Å². The number of benzene rings is 2. The number of sulfonamides is 1. The number of ether oxygens (including phenoxy) is 1. The third-order valence-electron chi connectivity index (χ3n) is 10.3. The Kier molecular flexibility index (Phi) is 16.6. The van der Waals surface area contributed by atoms with Crippen molar-refractivity contribution in [1.29, 1.82) is 0 Å². The molecule has 334 valence electrons. The van der Waals surface area contributed by atoms with Crippen molar-refractivity contribution >= 4 is 45.7 Å². The number of likely N-dealkylation sites (N-methyl/N-ethyl adjacent to an activating group) is 1. The number of rotatable bonds is 20. The fourth-order valence-corrected chi connectivity index (χ4v) is 8.51. The number of hydrogen-bond donors (Lipinski definition) is 7. The Morgan fingerprint density at radius 1 is 1.02 bits per heavy atom. The second-order valence-electron chi connectivity index (χ2n) is 15.8. The lowest BCUT2D eigenvalue weighted by Crippen LogP contribution is -2.61. The number of nitrogens with zero attached hydrogens (tertiary/aromatic N) is 2. The van der Waals surface area contributed by atoms with Crippen LogP contribution in [-0.2, 0) is 35.6 Å². The van der Waals surface area contributed by atoms with Gasteiger partial charge in [-0.25, -0.2) is 22.3 Å². The normalized spacial score (nSPS) is 15.7. The van der Waals surface area contributed by atoms with E-state index in [4.69, 9.17) is 10.5 Å². The average molecular weight is 871 g/mol. The zero-order valence-corrected chi connectivity index (χ0v) is 36.8. The number of carbonyl (C=O) groups is 5. The van der Waals surface area contributed by atoms with E-state index in [1.807, 2.05) is 13.8 Å². The van der Waals surface area contributed by atoms with Crippen LogP contribution in [0.1, 0.15) is 87.2 Å². The first-order valence-corrected chi connectivity index (χ1v) is 21.2. The minimum atomic E-state index is -4.21. The van der Waals surface area contributed by atoms with Crippen molar-refractivity contribution < 1.29 is 46.6 Å². The van der Waals surface area contributed by atoms with E-state index in [0.29, 0.717) is 28.9 Å². The highest BCUT2D eigenvalue weighted by molar-refractivity contribution is 7.90. The van der Waals surface area contributed by atoms with Crippen molar-refractivity contribution in [1.82, 2.24) is 30.9 Å². The summed E-state index contributed by atoms with van der Waals surface area (Å²) in [5.41, 5.74) is 6.60. The Labute approximate surface area is 356 Å². The van der Waals surface area contributed by atoms with E-state index in [1.54, 1.807) is 27.7 Å². The number of carboxylic acid groups (broad SMARTS) is 1. The second kappa shape index (κ2) is 20.5. The summed E-state index contributed by atoms with van der Waals surface area (Å²) in [6.07, 6.45) is 1.64. The largest absolute Gasteiger partial charge is 0.487 e. The molecule has 1 aliphatic rings. The van der Waals surface area contributed by atoms with Crippen LogP contribution >= 0.6 is 0 Å². The maximum Gasteiger partial charge on any atom is 0.405 e. The molecule has 0 saturated carbocycles. The summed E-state index contributed by atoms with van der Waals surface area (Å²) < 4.78 is 49.6. The van der Waals surface area contributed by atoms with Crippen LogP contribution in [0.2, 0.25) is 0 Å². The zero-order chi connectivity index (χ0) is 46.0. The summed E-state index contributed by atoms with van der Waals surface area (Å²) in [5.74, 6) is -3.31. The third kappa shape index (κ3) is 12.5. The van der Waals surface area contributed by atoms with Gasteiger partial charge in [-0.05, 0) is 102 Å². The average Bonchev–Trinajstić information content (AvgIpc) is 3.51. The smallest absolute Gasteiger partial charge is 0.405 e. The van der Waals surface area contributed by atoms with Gasteiger partial charge in [0.25, 0.3) is 10.0 Å². The zero-order valence-electron chi connectivity index (χ0n) is 36.0. The number of carbonyl (C=O) groups excluding carboxylic acids is 4. The van der Waals surface area contributed by atoms with Crippen LogP contribution in [0.4, 0.5) is 9.18 Å². The lowest BCUT2D eigenvalue weighted by atomic mass is 9.94. The number of fused-ring (bicyclic) bond motifs is 1. The van der Waals surface area contributed by atoms with E-state index in [9.17, 15) is 41.9 Å². The molecular formula is C42H59FN8O9S. The first-order chi connectivity index (χ1) is 28.4. The molecule has 5 amide bonds. The summed E-state index contributed by atoms with van der Waals surface area (Å²) in [5, 5.41) is 19.4. The Hall–Kier alpha value is -5.98. The molecule has 19 heteroatoms. The van der Waals surface area contributed by atoms with Crippen LogP contribution < -0.4 is 36.5 Å². The lowest BCUT2D eigenvalue weighted by Gasteiger charge is -2.30. The summed E-state index contributed by atoms with van der Waals surface area (Å²) in [7, 11) is -2.71. The molecule has 1 aliphatic heterocycles. The van der Waals surface area contributed by atoms with Gasteiger partial charge in [0.15, 0.2) is 0 Å². The highest BCUT2D eigenvalue weighted by Gasteiger charge is 2.39. The summed E-state index contributed by atoms with van der Waals surface area (Å²) in [4.78, 5) is 71.7. The van der Waals surface area contributed by atoms with Crippen LogP contribution in [0.25, 0.3) is 0 Å². The van der Waals surface area contributed by atoms with Crippen LogP contribution in [0.15, 0.2) is 59.5 Å². The van der Waals surface area contributed by atoms with Gasteiger partial charge in [-0.3, -0.25) is 24.2 Å². The highest BCUT2D eigenvalue weighted by Crippen LogP contribution is 2.43. The number of hydrogen-bond acceptors (Lipinski definition) is 9. The number of nitrogens with one attached hydrogen (secondary N) is 5. The highest BCUT2D eigenvalue weighted by atomic mass is 32.2. The standard InChI is InChI=1S/C42H59FN8O9S/c1-11-20-42(9,49-40(56)57)38(55)47-31(36(53)46-30(13-3)35(52)48-32(37(54)51(10)22-12-2)27-16-18-28(43)19-17-27)15-14-21-45-39(44)50-61(58,59)34-25(5)24(4)33-29(26(34)6)23-41(7,8)60-33/h11-12,16-19,30-32,49H,1-2,13-15,20-23H2,3-10H3,(H,46,53)(H,47,55)(H,48,52)(H,56,57)(H3,44,45,50). The third-order valence-corrected chi connectivity index (χ3v) is 12.0. The van der Waals surface area contributed by atoms with E-state index in [2.05, 4.69) is 44.1 Å². The van der Waals surface area contributed by atoms with E-state index in [-0.39, 0.29) is 49.2 Å². The van der Waals surface area contributed by atoms with Crippen molar-refractivity contribution in [3.63, 3.8) is 0 Å². The predicted molar refractivity (Wildman–Crippen MR) is 229 cm³/mol. The molecule has 61 heavy (non-hydrogen) atoms. The van der Waals surface area contributed by atoms with Crippen LogP contribution in [0.3, 0.4) is 0 Å². The van der Waals surface area contributed by atoms with E-state index < -0.39 is 80.8 Å². The predicted octanol–water partition coefficient (Wildman–Crippen LogP) is 3.32. The van der Waals surface area contributed by atoms with Gasteiger partial charge >= 0.3 is 6.09 Å². The molecule has 0 fully saturated rings. The molecular weight excluding hydrogens is 812 g/mol. The van der Waals surface area contributed by atoms with Crippen molar-refractivity contribution in [3.8, 4) is 5.75 Å². The first-order valence-electron chi connectivity index (χ1n) is 19.7. The van der Waals surface area contributed by atoms with Crippen LogP contribution in [0, 0.1) is 26.6 Å². The van der Waals surface area contributed by atoms with E-state index >= 15 is 0 Å². The molecule has 0 bridgehead atoms. The minimum absolute atomic E-state index is 0.0360. The number of aliphatic imine (C=N–C) groups is 1. The number of guanidine groups is 1. The molecule has 0 aromatic heterocycles. The molecule has 3 rings (SSSR count). The van der Waals surface area contributed by atoms with Gasteiger partial charge in [0.05, 0.1) is 4.90 Å². The Bertz CT molecular complexity index is 2160. The van der Waals surface area contributed by atoms with Gasteiger partial charge < -0.3 is 41.7 Å². The maximum absolute atomic E-state index is 13.9. The Morgan fingerprint density at radius 2 is 1.64 bits per heavy atom. The first kappa shape index (κ1) is 49.4. The quantitative estimate of drug-likeness (QED) is 0.0443. The number of nitrogens with two attached hydrogens (primary N) is 1. The lowest BCUT2D eigenvalue weighted by molar-refractivity contribution is -0.137. The summed E-state index contributed by atoms with van der Waals surface area (Å²) in [6, 6.07) is 1.11. The molecule has 0 saturated heterocycles. The van der Waals surface area contributed by atoms with Crippen molar-refractivity contribution in [3.05, 3.63) is 83.2 Å². The Morgan fingerprint density at radius 3 is 2.21 bits per heavy atom. The molecule has 0 spiro atoms. The fraction of sp³-hybridized carbons (Fsp3) is 0.476. The monoisotopic (exact) mass is 870 g/mol. The molecule has 4 unspecified atom stereocenters. The summed E-state index contributed by atoms with van der Waals surface area (Å²) in [6.45, 7) is 19.2. The van der Waals surface area contributed by atoms with Gasteiger partial charge in [-0.2, -0.15) is 0 Å². The fourth-order valence-electron chi connectivity index (χ4n) is 6.99. The van der Waals surface area contributed by atoms with Crippen molar-refractivity contribution in [2.45, 2.75) is 115 Å². The van der Waals surface area contributed by atoms with E-state index in [0.717, 1.165) is 17.7 Å². The van der Waals surface area contributed by atoms with Crippen LogP contribution in [0.5, 0.6) is 5.75 Å². The summed E-state index contributed by atoms with van der Waals surface area (Å²) >= 11 is 0. The molecule has 8 N–H and O–H groups in total. The van der Waals surface area contributed by atoms with Gasteiger partial charge in [0.2, 0.25) is 29.6 Å². The maximum atomic E-state index is 13.9. The molecule has 2 aromatic carbocycles. The van der Waals surface area contributed by atoms with Crippen LogP contribution in [-0.4, -0.2) is 97.5 Å². The molecule has 1 heterocycles. The SMILES string of the molecule is C=CCN(C)C(=O)C(NC(=O)C(CC)NC(=O)C(CCCN=C(N)NS(=O)(=O)c1c(C)c(C)c2c(c1C)CC(C)(C)O2)NC(=O)C(C)(CC=C)NC(=O)O)c1ccc(F)cc1. The van der Waals surface area contributed by atoms with Gasteiger partial charge in [0, 0.05) is 32.1 Å². The van der Waals surface area contributed by atoms with Crippen molar-refractivity contribution in [2.24, 2.45) is 10.7 Å². The van der Waals surface area contributed by atoms with Gasteiger partial charge in [-0.1, -0.05) is 31.2 Å². The second-order valence-corrected chi connectivity index (χ2v) is 17.4. The number of halogens is 1. The van der Waals surface area contributed by atoms with Crippen molar-refractivity contribution in [2.75, 3.05) is 20.1 Å². The van der Waals surface area contributed by atoms with E-state index in [1.165, 1.54) is 43.2 Å². The molecule has 4 atom stereocenters. The minimum Gasteiger partial charge on any atom is -0.487 e. The molecule has 0 aliphatic carbocycles. The molecule has 2 aromatic rings. The topological polar surface area (TPSA) is 251 Å². The molecule has 17 nitrogen and oxygen atoms in total. The molecule has 0 radical (unpaired) electrons.